The second-order valence-electron chi connectivity index (χ2n) is 7.85. The molecule has 0 fully saturated rings. The second-order valence-corrected chi connectivity index (χ2v) is 8.69. The van der Waals surface area contributed by atoms with E-state index >= 15 is 0 Å². The van der Waals surface area contributed by atoms with Gasteiger partial charge in [0.2, 0.25) is 5.88 Å². The van der Waals surface area contributed by atoms with Crippen LogP contribution in [0.25, 0.3) is 10.9 Å². The molecule has 182 valence electrons. The van der Waals surface area contributed by atoms with Gasteiger partial charge in [0.15, 0.2) is 0 Å². The summed E-state index contributed by atoms with van der Waals surface area (Å²) in [4.78, 5) is 16.0. The van der Waals surface area contributed by atoms with E-state index in [0.29, 0.717) is 15.9 Å². The Morgan fingerprint density at radius 2 is 1.86 bits per heavy atom. The van der Waals surface area contributed by atoms with Gasteiger partial charge in [-0.3, -0.25) is 4.79 Å². The predicted octanol–water partition coefficient (Wildman–Crippen LogP) is 8.03. The number of carbonyl (C=O) groups is 1. The van der Waals surface area contributed by atoms with Gasteiger partial charge in [0, 0.05) is 26.5 Å². The van der Waals surface area contributed by atoms with Crippen LogP contribution in [-0.2, 0) is 6.18 Å². The fourth-order valence-corrected chi connectivity index (χ4v) is 4.11. The van der Waals surface area contributed by atoms with E-state index in [0.717, 1.165) is 17.7 Å². The number of nitrogens with one attached hydrogen (secondary N) is 2. The van der Waals surface area contributed by atoms with E-state index in [1.54, 1.807) is 18.2 Å². The van der Waals surface area contributed by atoms with Crippen LogP contribution in [0, 0.1) is 6.92 Å². The largest absolute Gasteiger partial charge is 0.440 e. The SMILES string of the molecule is Cc1ccc2c(C(=O)NC[C@H](F)c3ccc(Cl)cc3Cl)c(Oc3cccc(C(F)(F)F)c3)[nH]c2c1. The van der Waals surface area contributed by atoms with Gasteiger partial charge in [-0.25, -0.2) is 4.39 Å². The quantitative estimate of drug-likeness (QED) is 0.251. The minimum absolute atomic E-state index is 0.0341. The third-order valence-corrected chi connectivity index (χ3v) is 5.83. The molecule has 1 atom stereocenters. The summed E-state index contributed by atoms with van der Waals surface area (Å²) in [6.07, 6.45) is -6.18. The molecule has 0 saturated carbocycles. The van der Waals surface area contributed by atoms with Crippen molar-refractivity contribution in [3.63, 3.8) is 0 Å². The predicted molar refractivity (Wildman–Crippen MR) is 127 cm³/mol. The van der Waals surface area contributed by atoms with Crippen LogP contribution in [0.5, 0.6) is 11.6 Å². The molecule has 4 aromatic rings. The normalized spacial score (nSPS) is 12.5. The molecule has 1 aromatic heterocycles. The number of amides is 1. The molecule has 35 heavy (non-hydrogen) atoms. The number of aryl methyl sites for hydroxylation is 1. The van der Waals surface area contributed by atoms with E-state index in [2.05, 4.69) is 10.3 Å². The average Bonchev–Trinajstić information content (AvgIpc) is 3.13. The molecule has 0 saturated heterocycles. The summed E-state index contributed by atoms with van der Waals surface area (Å²) in [7, 11) is 0. The number of ether oxygens (including phenoxy) is 1. The Morgan fingerprint density at radius 3 is 2.57 bits per heavy atom. The first-order chi connectivity index (χ1) is 16.5. The number of H-pyrrole nitrogens is 1. The minimum Gasteiger partial charge on any atom is -0.440 e. The fraction of sp³-hybridized carbons (Fsp3) is 0.160. The van der Waals surface area contributed by atoms with E-state index in [9.17, 15) is 22.4 Å². The minimum atomic E-state index is -4.56. The molecule has 2 N–H and O–H groups in total. The maximum Gasteiger partial charge on any atom is 0.416 e. The van der Waals surface area contributed by atoms with Crippen molar-refractivity contribution < 1.29 is 27.1 Å². The van der Waals surface area contributed by atoms with E-state index < -0.39 is 30.4 Å². The molecular formula is C25H18Cl2F4N2O2. The highest BCUT2D eigenvalue weighted by atomic mass is 35.5. The summed E-state index contributed by atoms with van der Waals surface area (Å²) in [6, 6.07) is 13.8. The molecule has 0 aliphatic rings. The maximum absolute atomic E-state index is 14.8. The first kappa shape index (κ1) is 24.9. The van der Waals surface area contributed by atoms with Crippen LogP contribution in [0.2, 0.25) is 10.0 Å². The molecule has 10 heteroatoms. The zero-order valence-electron chi connectivity index (χ0n) is 18.1. The fourth-order valence-electron chi connectivity index (χ4n) is 3.58. The van der Waals surface area contributed by atoms with Crippen molar-refractivity contribution in [2.75, 3.05) is 6.54 Å². The highest BCUT2D eigenvalue weighted by molar-refractivity contribution is 6.35. The van der Waals surface area contributed by atoms with Gasteiger partial charge in [-0.1, -0.05) is 47.5 Å². The highest BCUT2D eigenvalue weighted by Crippen LogP contribution is 2.36. The number of halogens is 6. The summed E-state index contributed by atoms with van der Waals surface area (Å²) in [6.45, 7) is 1.44. The zero-order valence-corrected chi connectivity index (χ0v) is 19.7. The molecule has 4 nitrogen and oxygen atoms in total. The standard InChI is InChI=1S/C25H18Cl2F4N2O2/c1-13-5-7-18-21(9-13)33-24(35-16-4-2-3-14(10-16)25(29,30)31)22(18)23(34)32-12-20(28)17-8-6-15(26)11-19(17)27/h2-11,20,33H,12H2,1H3,(H,32,34)/t20-/m0/s1. The maximum atomic E-state index is 14.8. The second kappa shape index (κ2) is 9.79. The van der Waals surface area contributed by atoms with Gasteiger partial charge in [-0.2, -0.15) is 13.2 Å². The third-order valence-electron chi connectivity index (χ3n) is 5.27. The Hall–Kier alpha value is -3.23. The van der Waals surface area contributed by atoms with Crippen molar-refractivity contribution >= 4 is 40.0 Å². The number of carbonyl (C=O) groups excluding carboxylic acids is 1. The number of alkyl halides is 4. The van der Waals surface area contributed by atoms with Crippen LogP contribution in [0.3, 0.4) is 0 Å². The lowest BCUT2D eigenvalue weighted by atomic mass is 10.1. The van der Waals surface area contributed by atoms with Crippen molar-refractivity contribution in [1.29, 1.82) is 0 Å². The molecule has 0 unspecified atom stereocenters. The van der Waals surface area contributed by atoms with Crippen molar-refractivity contribution in [2.45, 2.75) is 19.3 Å². The summed E-state index contributed by atoms with van der Waals surface area (Å²) in [5, 5.41) is 3.44. The van der Waals surface area contributed by atoms with Crippen LogP contribution in [-0.4, -0.2) is 17.4 Å². The van der Waals surface area contributed by atoms with Crippen LogP contribution in [0.4, 0.5) is 17.6 Å². The first-order valence-electron chi connectivity index (χ1n) is 10.4. The highest BCUT2D eigenvalue weighted by Gasteiger charge is 2.31. The van der Waals surface area contributed by atoms with Crippen LogP contribution in [0.15, 0.2) is 60.7 Å². The monoisotopic (exact) mass is 524 g/mol. The Morgan fingerprint density at radius 1 is 1.09 bits per heavy atom. The van der Waals surface area contributed by atoms with E-state index in [1.807, 2.05) is 6.92 Å². The van der Waals surface area contributed by atoms with E-state index in [-0.39, 0.29) is 27.8 Å². The number of benzene rings is 3. The number of aromatic nitrogens is 1. The van der Waals surface area contributed by atoms with Gasteiger partial charge in [-0.05, 0) is 48.9 Å². The number of hydrogen-bond donors (Lipinski definition) is 2. The third kappa shape index (κ3) is 5.55. The van der Waals surface area contributed by atoms with Crippen molar-refractivity contribution in [3.8, 4) is 11.6 Å². The van der Waals surface area contributed by atoms with Crippen molar-refractivity contribution in [1.82, 2.24) is 10.3 Å². The molecule has 0 aliphatic carbocycles. The topological polar surface area (TPSA) is 54.1 Å². The lowest BCUT2D eigenvalue weighted by Crippen LogP contribution is -2.27. The smallest absolute Gasteiger partial charge is 0.416 e. The molecule has 1 amide bonds. The number of rotatable bonds is 6. The van der Waals surface area contributed by atoms with Gasteiger partial charge >= 0.3 is 6.18 Å². The number of hydrogen-bond acceptors (Lipinski definition) is 2. The van der Waals surface area contributed by atoms with Gasteiger partial charge in [0.25, 0.3) is 5.91 Å². The van der Waals surface area contributed by atoms with Crippen molar-refractivity contribution in [2.24, 2.45) is 0 Å². The summed E-state index contributed by atoms with van der Waals surface area (Å²) < 4.78 is 59.8. The summed E-state index contributed by atoms with van der Waals surface area (Å²) in [5.41, 5.74) is 0.721. The van der Waals surface area contributed by atoms with Crippen molar-refractivity contribution in [3.05, 3.63) is 93.0 Å². The average molecular weight is 525 g/mol. The molecular weight excluding hydrogens is 507 g/mol. The van der Waals surface area contributed by atoms with Crippen LogP contribution in [0.1, 0.15) is 33.2 Å². The number of fused-ring (bicyclic) bond motifs is 1. The molecule has 0 aliphatic heterocycles. The lowest BCUT2D eigenvalue weighted by molar-refractivity contribution is -0.137. The van der Waals surface area contributed by atoms with E-state index in [1.165, 1.54) is 30.3 Å². The Kier molecular flexibility index (Phi) is 6.96. The Bertz CT molecular complexity index is 1400. The summed E-state index contributed by atoms with van der Waals surface area (Å²) in [5.74, 6) is -0.856. The molecule has 4 rings (SSSR count). The van der Waals surface area contributed by atoms with Gasteiger partial charge in [0.05, 0.1) is 12.1 Å². The Labute approximate surface area is 207 Å². The zero-order chi connectivity index (χ0) is 25.3. The van der Waals surface area contributed by atoms with Gasteiger partial charge in [-0.15, -0.1) is 0 Å². The lowest BCUT2D eigenvalue weighted by Gasteiger charge is -2.13. The van der Waals surface area contributed by atoms with Gasteiger partial charge in [0.1, 0.15) is 17.5 Å². The van der Waals surface area contributed by atoms with Crippen LogP contribution < -0.4 is 10.1 Å². The molecule has 0 spiro atoms. The summed E-state index contributed by atoms with van der Waals surface area (Å²) >= 11 is 11.9. The van der Waals surface area contributed by atoms with Crippen LogP contribution >= 0.6 is 23.2 Å². The van der Waals surface area contributed by atoms with E-state index in [4.69, 9.17) is 27.9 Å². The molecule has 3 aromatic carbocycles. The molecule has 0 radical (unpaired) electrons. The number of aromatic amines is 1. The van der Waals surface area contributed by atoms with Gasteiger partial charge < -0.3 is 15.0 Å². The first-order valence-corrected chi connectivity index (χ1v) is 11.1. The Balaban J connectivity index is 1.63. The molecule has 1 heterocycles. The molecule has 0 bridgehead atoms.